The molecule has 0 saturated heterocycles. The van der Waals surface area contributed by atoms with Crippen LogP contribution < -0.4 is 5.32 Å². The fourth-order valence-corrected chi connectivity index (χ4v) is 1.61. The molecule has 0 aliphatic heterocycles. The van der Waals surface area contributed by atoms with Gasteiger partial charge in [0.2, 0.25) is 0 Å². The monoisotopic (exact) mass is 266 g/mol. The van der Waals surface area contributed by atoms with Crippen molar-refractivity contribution in [1.82, 2.24) is 14.8 Å². The van der Waals surface area contributed by atoms with Crippen LogP contribution in [0.1, 0.15) is 10.5 Å². The van der Waals surface area contributed by atoms with Crippen LogP contribution in [-0.4, -0.2) is 32.4 Å². The van der Waals surface area contributed by atoms with Crippen molar-refractivity contribution < 1.29 is 9.90 Å². The molecule has 0 radical (unpaired) electrons. The maximum Gasteiger partial charge on any atom is 0.356 e. The van der Waals surface area contributed by atoms with Crippen molar-refractivity contribution in [2.45, 2.75) is 6.54 Å². The Morgan fingerprint density at radius 2 is 2.33 bits per heavy atom. The molecule has 0 spiro atoms. The lowest BCUT2D eigenvalue weighted by molar-refractivity contribution is 0.0691. The second kappa shape index (κ2) is 5.50. The van der Waals surface area contributed by atoms with Gasteiger partial charge < -0.3 is 10.4 Å². The summed E-state index contributed by atoms with van der Waals surface area (Å²) in [5, 5.41) is 16.1. The Labute approximate surface area is 108 Å². The first-order valence-corrected chi connectivity index (χ1v) is 5.66. The molecule has 0 atom stereocenters. The summed E-state index contributed by atoms with van der Waals surface area (Å²) in [7, 11) is 0. The summed E-state index contributed by atoms with van der Waals surface area (Å²) in [5.74, 6) is -0.667. The van der Waals surface area contributed by atoms with Gasteiger partial charge >= 0.3 is 5.97 Å². The third-order valence-electron chi connectivity index (χ3n) is 2.25. The first-order chi connectivity index (χ1) is 8.66. The number of nitrogens with zero attached hydrogens (tertiary/aromatic N) is 3. The Kier molecular flexibility index (Phi) is 3.78. The van der Waals surface area contributed by atoms with Crippen molar-refractivity contribution in [3.05, 3.63) is 41.3 Å². The smallest absolute Gasteiger partial charge is 0.356 e. The summed E-state index contributed by atoms with van der Waals surface area (Å²) in [4.78, 5) is 14.8. The minimum Gasteiger partial charge on any atom is -0.476 e. The average Bonchev–Trinajstić information content (AvgIpc) is 2.84. The number of rotatable bonds is 5. The molecule has 2 aromatic heterocycles. The first-order valence-electron chi connectivity index (χ1n) is 5.28. The molecule has 0 aromatic carbocycles. The highest BCUT2D eigenvalue weighted by Crippen LogP contribution is 2.16. The Balaban J connectivity index is 1.97. The number of aromatic carboxylic acids is 1. The zero-order valence-corrected chi connectivity index (χ0v) is 10.1. The van der Waals surface area contributed by atoms with Crippen molar-refractivity contribution in [2.24, 2.45) is 0 Å². The van der Waals surface area contributed by atoms with Crippen LogP contribution in [-0.2, 0) is 6.54 Å². The minimum atomic E-state index is -1.14. The van der Waals surface area contributed by atoms with Crippen molar-refractivity contribution in [2.75, 3.05) is 11.9 Å². The fraction of sp³-hybridized carbons (Fsp3) is 0.182. The Hall–Kier alpha value is -2.08. The van der Waals surface area contributed by atoms with E-state index in [4.69, 9.17) is 16.7 Å². The molecule has 0 fully saturated rings. The van der Waals surface area contributed by atoms with E-state index in [1.807, 2.05) is 12.3 Å². The van der Waals surface area contributed by atoms with E-state index in [-0.39, 0.29) is 10.7 Å². The summed E-state index contributed by atoms with van der Waals surface area (Å²) in [6.07, 6.45) is 3.54. The fourth-order valence-electron chi connectivity index (χ4n) is 1.42. The maximum atomic E-state index is 10.8. The molecule has 2 aromatic rings. The molecule has 0 saturated carbocycles. The largest absolute Gasteiger partial charge is 0.476 e. The molecule has 7 heteroatoms. The number of carbonyl (C=O) groups is 1. The van der Waals surface area contributed by atoms with Crippen LogP contribution in [0, 0.1) is 0 Å². The number of halogens is 1. The third-order valence-corrected chi connectivity index (χ3v) is 2.56. The Bertz CT molecular complexity index is 542. The van der Waals surface area contributed by atoms with Gasteiger partial charge in [0.25, 0.3) is 0 Å². The molecule has 0 aliphatic rings. The summed E-state index contributed by atoms with van der Waals surface area (Å²) < 4.78 is 1.76. The van der Waals surface area contributed by atoms with E-state index in [9.17, 15) is 4.79 Å². The van der Waals surface area contributed by atoms with Crippen LogP contribution in [0.3, 0.4) is 0 Å². The first kappa shape index (κ1) is 12.4. The van der Waals surface area contributed by atoms with E-state index >= 15 is 0 Å². The quantitative estimate of drug-likeness (QED) is 0.862. The lowest BCUT2D eigenvalue weighted by Crippen LogP contribution is -2.13. The second-order valence-electron chi connectivity index (χ2n) is 3.53. The van der Waals surface area contributed by atoms with Gasteiger partial charge in [-0.1, -0.05) is 11.6 Å². The molecule has 2 heterocycles. The van der Waals surface area contributed by atoms with Crippen LogP contribution in [0.25, 0.3) is 0 Å². The molecular formula is C11H11ClN4O2. The number of aromatic nitrogens is 3. The van der Waals surface area contributed by atoms with E-state index in [1.165, 1.54) is 6.07 Å². The number of carboxylic acid groups (broad SMARTS) is 1. The van der Waals surface area contributed by atoms with Gasteiger partial charge in [0, 0.05) is 18.9 Å². The number of hydrogen-bond acceptors (Lipinski definition) is 4. The molecule has 0 unspecified atom stereocenters. The van der Waals surface area contributed by atoms with E-state index in [1.54, 1.807) is 16.9 Å². The number of nitrogens with one attached hydrogen (secondary N) is 1. The summed E-state index contributed by atoms with van der Waals surface area (Å²) in [5.41, 5.74) is -0.152. The minimum absolute atomic E-state index is 0.125. The molecule has 2 N–H and O–H groups in total. The number of carboxylic acids is 1. The van der Waals surface area contributed by atoms with Gasteiger partial charge in [0.05, 0.1) is 11.6 Å². The molecule has 94 valence electrons. The van der Waals surface area contributed by atoms with Crippen LogP contribution in [0.2, 0.25) is 5.02 Å². The highest BCUT2D eigenvalue weighted by molar-refractivity contribution is 6.33. The predicted molar refractivity (Wildman–Crippen MR) is 66.9 cm³/mol. The predicted octanol–water partition coefficient (Wildman–Crippen LogP) is 1.74. The number of hydrogen-bond donors (Lipinski definition) is 2. The molecular weight excluding hydrogens is 256 g/mol. The summed E-state index contributed by atoms with van der Waals surface area (Å²) >= 11 is 5.72. The zero-order chi connectivity index (χ0) is 13.0. The Morgan fingerprint density at radius 1 is 1.50 bits per heavy atom. The normalized spacial score (nSPS) is 10.3. The molecule has 2 rings (SSSR count). The van der Waals surface area contributed by atoms with Gasteiger partial charge in [-0.05, 0) is 18.2 Å². The van der Waals surface area contributed by atoms with Gasteiger partial charge in [0.15, 0.2) is 5.69 Å². The lowest BCUT2D eigenvalue weighted by atomic mass is 10.3. The second-order valence-corrected chi connectivity index (χ2v) is 3.94. The SMILES string of the molecule is O=C(O)c1nc(NCCn2cccn2)ccc1Cl. The van der Waals surface area contributed by atoms with E-state index < -0.39 is 5.97 Å². The molecule has 6 nitrogen and oxygen atoms in total. The number of pyridine rings is 1. The van der Waals surface area contributed by atoms with Crippen LogP contribution in [0.4, 0.5) is 5.82 Å². The Morgan fingerprint density at radius 3 is 3.00 bits per heavy atom. The highest BCUT2D eigenvalue weighted by Gasteiger charge is 2.10. The topological polar surface area (TPSA) is 80.0 Å². The van der Waals surface area contributed by atoms with E-state index in [2.05, 4.69) is 15.4 Å². The van der Waals surface area contributed by atoms with Gasteiger partial charge in [-0.3, -0.25) is 4.68 Å². The van der Waals surface area contributed by atoms with Crippen molar-refractivity contribution in [1.29, 1.82) is 0 Å². The molecule has 0 aliphatic carbocycles. The van der Waals surface area contributed by atoms with Crippen molar-refractivity contribution in [3.8, 4) is 0 Å². The standard InChI is InChI=1S/C11H11ClN4O2/c12-8-2-3-9(15-10(8)11(17)18)13-5-7-16-6-1-4-14-16/h1-4,6H,5,7H2,(H,13,15)(H,17,18). The maximum absolute atomic E-state index is 10.8. The van der Waals surface area contributed by atoms with Gasteiger partial charge in [-0.2, -0.15) is 5.10 Å². The highest BCUT2D eigenvalue weighted by atomic mass is 35.5. The van der Waals surface area contributed by atoms with Crippen LogP contribution >= 0.6 is 11.6 Å². The molecule has 18 heavy (non-hydrogen) atoms. The van der Waals surface area contributed by atoms with Gasteiger partial charge in [-0.25, -0.2) is 9.78 Å². The van der Waals surface area contributed by atoms with Crippen molar-refractivity contribution in [3.63, 3.8) is 0 Å². The summed E-state index contributed by atoms with van der Waals surface area (Å²) in [6, 6.07) is 4.98. The molecule has 0 amide bonds. The van der Waals surface area contributed by atoms with E-state index in [0.29, 0.717) is 18.9 Å². The van der Waals surface area contributed by atoms with Crippen LogP contribution in [0.5, 0.6) is 0 Å². The van der Waals surface area contributed by atoms with Crippen LogP contribution in [0.15, 0.2) is 30.6 Å². The number of anilines is 1. The average molecular weight is 267 g/mol. The lowest BCUT2D eigenvalue weighted by Gasteiger charge is -2.07. The van der Waals surface area contributed by atoms with E-state index in [0.717, 1.165) is 0 Å². The molecule has 0 bridgehead atoms. The van der Waals surface area contributed by atoms with Gasteiger partial charge in [0.1, 0.15) is 5.82 Å². The zero-order valence-electron chi connectivity index (χ0n) is 9.38. The van der Waals surface area contributed by atoms with Gasteiger partial charge in [-0.15, -0.1) is 0 Å². The van der Waals surface area contributed by atoms with Crippen molar-refractivity contribution >= 4 is 23.4 Å². The summed E-state index contributed by atoms with van der Waals surface area (Å²) in [6.45, 7) is 1.26. The third kappa shape index (κ3) is 2.98.